The lowest BCUT2D eigenvalue weighted by molar-refractivity contribution is 0.587. The topological polar surface area (TPSA) is 6.48 Å². The molecule has 392 valence electrons. The molecule has 0 aromatic heterocycles. The molecule has 0 saturated heterocycles. The van der Waals surface area contributed by atoms with Gasteiger partial charge < -0.3 is 9.80 Å². The summed E-state index contributed by atoms with van der Waals surface area (Å²) in [7, 11) is 0. The second-order valence-electron chi connectivity index (χ2n) is 26.9. The summed E-state index contributed by atoms with van der Waals surface area (Å²) in [6.45, 7) is 35.0. The zero-order chi connectivity index (χ0) is 55.3. The Balaban J connectivity index is 1.14. The Bertz CT molecular complexity index is 3680. The van der Waals surface area contributed by atoms with Gasteiger partial charge in [0.1, 0.15) is 0 Å². The summed E-state index contributed by atoms with van der Waals surface area (Å²) >= 11 is 0. The number of fused-ring (bicyclic) bond motifs is 4. The van der Waals surface area contributed by atoms with Crippen molar-refractivity contribution in [3.8, 4) is 0 Å². The average Bonchev–Trinajstić information content (AvgIpc) is 2.64. The van der Waals surface area contributed by atoms with Gasteiger partial charge in [-0.15, -0.1) is 0 Å². The molecule has 0 N–H and O–H groups in total. The summed E-state index contributed by atoms with van der Waals surface area (Å²) in [6.07, 6.45) is 0. The number of aryl methyl sites for hydroxylation is 1. The normalized spacial score (nSPS) is 13.8. The molecule has 0 spiro atoms. The molecule has 0 atom stereocenters. The molecule has 2 nitrogen and oxygen atoms in total. The van der Waals surface area contributed by atoms with Crippen molar-refractivity contribution >= 4 is 57.2 Å². The summed E-state index contributed by atoms with van der Waals surface area (Å²) in [5, 5.41) is 0. The highest BCUT2D eigenvalue weighted by Crippen LogP contribution is 2.48. The van der Waals surface area contributed by atoms with Crippen LogP contribution < -0.4 is 26.2 Å². The quantitative estimate of drug-likeness (QED) is 0.126. The van der Waals surface area contributed by atoms with E-state index < -0.39 is 0 Å². The number of hydrogen-bond donors (Lipinski definition) is 0. The summed E-state index contributed by atoms with van der Waals surface area (Å²) < 4.78 is 0. The standard InChI is InChI=1S/C75H79BN2/c1-50-45-67-69-68(46-50)78(62-28-22-27-58(47-62)73(10,11)53-23-18-16-19-24-53)66-49-60(74(12,13)54-25-20-17-21-26-54)39-43-63(66)76(69)64-48-59(75(14,15)56-35-31-52(32-36-56)71(5,6)7)40-44-65(64)77(67)61-41-37-57(38-42-61)72(8,9)55-33-29-51(30-34-55)70(2,3)4/h16-49H,1-15H3. The van der Waals surface area contributed by atoms with Crippen LogP contribution in [-0.4, -0.2) is 6.71 Å². The van der Waals surface area contributed by atoms with Crippen LogP contribution in [0.15, 0.2) is 206 Å². The van der Waals surface area contributed by atoms with Crippen LogP contribution in [0, 0.1) is 6.92 Å². The van der Waals surface area contributed by atoms with Crippen LogP contribution in [0.4, 0.5) is 34.1 Å². The van der Waals surface area contributed by atoms with Crippen molar-refractivity contribution in [3.05, 3.63) is 267 Å². The second kappa shape index (κ2) is 18.9. The van der Waals surface area contributed by atoms with Crippen molar-refractivity contribution in [2.75, 3.05) is 9.80 Å². The minimum Gasteiger partial charge on any atom is -0.311 e. The molecule has 0 unspecified atom stereocenters. The van der Waals surface area contributed by atoms with E-state index in [9.17, 15) is 0 Å². The fourth-order valence-corrected chi connectivity index (χ4v) is 12.7. The Morgan fingerprint density at radius 3 is 1.13 bits per heavy atom. The van der Waals surface area contributed by atoms with Crippen molar-refractivity contribution in [3.63, 3.8) is 0 Å². The summed E-state index contributed by atoms with van der Waals surface area (Å²) in [5.74, 6) is 0. The van der Waals surface area contributed by atoms with E-state index in [-0.39, 0.29) is 39.2 Å². The lowest BCUT2D eigenvalue weighted by atomic mass is 9.33. The third-order valence-corrected chi connectivity index (χ3v) is 18.3. The second-order valence-corrected chi connectivity index (χ2v) is 26.9. The largest absolute Gasteiger partial charge is 0.311 e. The number of anilines is 6. The fourth-order valence-electron chi connectivity index (χ4n) is 12.7. The van der Waals surface area contributed by atoms with E-state index in [2.05, 4.69) is 320 Å². The molecular formula is C75H79BN2. The molecule has 0 radical (unpaired) electrons. The smallest absolute Gasteiger partial charge is 0.252 e. The number of rotatable bonds is 10. The first-order valence-electron chi connectivity index (χ1n) is 28.4. The van der Waals surface area contributed by atoms with Crippen molar-refractivity contribution < 1.29 is 0 Å². The van der Waals surface area contributed by atoms with E-state index in [1.165, 1.54) is 100 Å². The van der Waals surface area contributed by atoms with Crippen LogP contribution in [0.2, 0.25) is 0 Å². The van der Waals surface area contributed by atoms with Crippen LogP contribution in [-0.2, 0) is 32.5 Å². The molecule has 2 aliphatic heterocycles. The molecule has 11 rings (SSSR count). The van der Waals surface area contributed by atoms with Gasteiger partial charge in [-0.25, -0.2) is 0 Å². The van der Waals surface area contributed by atoms with E-state index in [4.69, 9.17) is 0 Å². The van der Waals surface area contributed by atoms with Gasteiger partial charge in [0.2, 0.25) is 0 Å². The van der Waals surface area contributed by atoms with Gasteiger partial charge in [-0.1, -0.05) is 255 Å². The Hall–Kier alpha value is -7.36. The lowest BCUT2D eigenvalue weighted by Gasteiger charge is -2.45. The first-order valence-corrected chi connectivity index (χ1v) is 28.4. The third kappa shape index (κ3) is 9.02. The zero-order valence-corrected chi connectivity index (χ0v) is 49.1. The van der Waals surface area contributed by atoms with Gasteiger partial charge >= 0.3 is 0 Å². The van der Waals surface area contributed by atoms with Gasteiger partial charge in [0, 0.05) is 55.8 Å². The van der Waals surface area contributed by atoms with Gasteiger partial charge in [-0.05, 0) is 144 Å². The molecule has 0 saturated carbocycles. The SMILES string of the molecule is Cc1cc2c3c(c1)N(c1cccc(C(C)(C)c4ccccc4)c1)c1cc(C(C)(C)c4ccccc4)ccc1B3c1cc(C(C)(C)c3ccc(C(C)(C)C)cc3)ccc1N2c1ccc(C(C)(C)c2ccc(C(C)(C)C)cc2)cc1. The van der Waals surface area contributed by atoms with E-state index in [0.717, 1.165) is 11.4 Å². The highest BCUT2D eigenvalue weighted by molar-refractivity contribution is 7.00. The maximum Gasteiger partial charge on any atom is 0.252 e. The van der Waals surface area contributed by atoms with E-state index >= 15 is 0 Å². The number of hydrogen-bond acceptors (Lipinski definition) is 2. The Labute approximate surface area is 468 Å². The molecule has 9 aromatic carbocycles. The Morgan fingerprint density at radius 2 is 0.641 bits per heavy atom. The minimum atomic E-state index is -0.274. The monoisotopic (exact) mass is 1020 g/mol. The molecule has 9 aromatic rings. The maximum atomic E-state index is 2.61. The molecule has 2 aliphatic rings. The first kappa shape index (κ1) is 52.7. The van der Waals surface area contributed by atoms with Gasteiger partial charge in [-0.3, -0.25) is 0 Å². The van der Waals surface area contributed by atoms with Crippen LogP contribution in [0.3, 0.4) is 0 Å². The van der Waals surface area contributed by atoms with Crippen LogP contribution >= 0.6 is 0 Å². The van der Waals surface area contributed by atoms with Gasteiger partial charge in [0.25, 0.3) is 6.71 Å². The first-order chi connectivity index (χ1) is 36.9. The maximum absolute atomic E-state index is 2.61. The van der Waals surface area contributed by atoms with E-state index in [0.29, 0.717) is 0 Å². The van der Waals surface area contributed by atoms with Gasteiger partial charge in [0.05, 0.1) is 0 Å². The van der Waals surface area contributed by atoms with E-state index in [1.54, 1.807) is 0 Å². The molecule has 2 heterocycles. The van der Waals surface area contributed by atoms with Crippen LogP contribution in [0.1, 0.15) is 158 Å². The van der Waals surface area contributed by atoms with Crippen molar-refractivity contribution in [1.29, 1.82) is 0 Å². The van der Waals surface area contributed by atoms with Crippen LogP contribution in [0.25, 0.3) is 0 Å². The summed E-state index contributed by atoms with van der Waals surface area (Å²) in [5.41, 5.74) is 24.7. The van der Waals surface area contributed by atoms with Crippen molar-refractivity contribution in [2.45, 2.75) is 136 Å². The highest BCUT2D eigenvalue weighted by atomic mass is 15.2. The molecule has 0 amide bonds. The number of nitrogens with zero attached hydrogens (tertiary/aromatic N) is 2. The molecule has 3 heteroatoms. The summed E-state index contributed by atoms with van der Waals surface area (Å²) in [6, 6.07) is 79.3. The zero-order valence-electron chi connectivity index (χ0n) is 49.1. The van der Waals surface area contributed by atoms with Gasteiger partial charge in [0.15, 0.2) is 0 Å². The average molecular weight is 1020 g/mol. The minimum absolute atomic E-state index is 0.0424. The molecule has 78 heavy (non-hydrogen) atoms. The summed E-state index contributed by atoms with van der Waals surface area (Å²) in [4.78, 5) is 5.18. The van der Waals surface area contributed by atoms with Crippen LogP contribution in [0.5, 0.6) is 0 Å². The molecule has 0 aliphatic carbocycles. The fraction of sp³-hybridized carbons (Fsp3) is 0.280. The number of benzene rings is 9. The Morgan fingerprint density at radius 1 is 0.269 bits per heavy atom. The van der Waals surface area contributed by atoms with Crippen molar-refractivity contribution in [2.24, 2.45) is 0 Å². The van der Waals surface area contributed by atoms with Crippen molar-refractivity contribution in [1.82, 2.24) is 0 Å². The van der Waals surface area contributed by atoms with E-state index in [1.807, 2.05) is 0 Å². The predicted molar refractivity (Wildman–Crippen MR) is 337 cm³/mol. The lowest BCUT2D eigenvalue weighted by Crippen LogP contribution is -2.61. The highest BCUT2D eigenvalue weighted by Gasteiger charge is 2.45. The Kier molecular flexibility index (Phi) is 12.8. The molecule has 0 bridgehead atoms. The van der Waals surface area contributed by atoms with Gasteiger partial charge in [-0.2, -0.15) is 0 Å². The molecular weight excluding hydrogens is 940 g/mol. The third-order valence-electron chi connectivity index (χ3n) is 18.3. The molecule has 0 fully saturated rings. The predicted octanol–water partition coefficient (Wildman–Crippen LogP) is 18.0.